The fourth-order valence-electron chi connectivity index (χ4n) is 2.54. The van der Waals surface area contributed by atoms with Crippen LogP contribution >= 0.6 is 27.3 Å². The molecule has 3 aromatic rings. The van der Waals surface area contributed by atoms with Crippen LogP contribution < -0.4 is 4.74 Å². The Labute approximate surface area is 175 Å². The number of ether oxygens (including phenoxy) is 2. The number of rotatable bonds is 8. The molecule has 0 spiro atoms. The van der Waals surface area contributed by atoms with Crippen molar-refractivity contribution in [1.29, 1.82) is 0 Å². The zero-order valence-corrected chi connectivity index (χ0v) is 17.6. The van der Waals surface area contributed by atoms with Crippen LogP contribution in [0.15, 0.2) is 58.4 Å². The molecule has 1 aromatic heterocycles. The van der Waals surface area contributed by atoms with Crippen molar-refractivity contribution in [1.82, 2.24) is 4.98 Å². The van der Waals surface area contributed by atoms with Crippen LogP contribution in [-0.2, 0) is 16.1 Å². The maximum Gasteiger partial charge on any atom is 0.306 e. The molecule has 0 saturated carbocycles. The fourth-order valence-corrected chi connectivity index (χ4v) is 3.64. The van der Waals surface area contributed by atoms with E-state index in [4.69, 9.17) is 9.47 Å². The number of carbonyl (C=O) groups is 2. The standard InChI is InChI=1S/C21H18BrNO4S/c1-26-19-5-3-2-4-17(19)21-23-16(13-28-21)12-27-20(25)11-10-18(24)14-6-8-15(22)9-7-14/h2-9,13H,10-12H2,1H3. The van der Waals surface area contributed by atoms with E-state index in [2.05, 4.69) is 20.9 Å². The molecule has 0 amide bonds. The van der Waals surface area contributed by atoms with Crippen LogP contribution in [0.5, 0.6) is 5.75 Å². The number of benzene rings is 2. The summed E-state index contributed by atoms with van der Waals surface area (Å²) < 4.78 is 11.5. The van der Waals surface area contributed by atoms with Gasteiger partial charge in [-0.1, -0.05) is 40.2 Å². The Bertz CT molecular complexity index is 969. The first-order valence-electron chi connectivity index (χ1n) is 8.59. The van der Waals surface area contributed by atoms with Crippen LogP contribution in [0, 0.1) is 0 Å². The van der Waals surface area contributed by atoms with E-state index in [-0.39, 0.29) is 25.2 Å². The monoisotopic (exact) mass is 459 g/mol. The number of halogens is 1. The first-order valence-corrected chi connectivity index (χ1v) is 10.3. The van der Waals surface area contributed by atoms with Crippen LogP contribution in [0.3, 0.4) is 0 Å². The van der Waals surface area contributed by atoms with Crippen molar-refractivity contribution in [2.45, 2.75) is 19.4 Å². The highest BCUT2D eigenvalue weighted by molar-refractivity contribution is 9.10. The molecule has 3 rings (SSSR count). The molecule has 144 valence electrons. The molecule has 0 aliphatic rings. The number of nitrogens with zero attached hydrogens (tertiary/aromatic N) is 1. The molecule has 0 aliphatic carbocycles. The van der Waals surface area contributed by atoms with Gasteiger partial charge in [0, 0.05) is 21.8 Å². The molecular weight excluding hydrogens is 442 g/mol. The van der Waals surface area contributed by atoms with E-state index in [0.29, 0.717) is 11.3 Å². The van der Waals surface area contributed by atoms with Gasteiger partial charge in [-0.05, 0) is 24.3 Å². The first kappa shape index (κ1) is 20.2. The minimum Gasteiger partial charge on any atom is -0.496 e. The molecule has 0 fully saturated rings. The second kappa shape index (κ2) is 9.61. The number of para-hydroxylation sites is 1. The van der Waals surface area contributed by atoms with Gasteiger partial charge in [0.15, 0.2) is 5.78 Å². The van der Waals surface area contributed by atoms with Gasteiger partial charge in [0.2, 0.25) is 0 Å². The average Bonchev–Trinajstić information content (AvgIpc) is 3.20. The van der Waals surface area contributed by atoms with Crippen LogP contribution in [0.4, 0.5) is 0 Å². The predicted octanol–water partition coefficient (Wildman–Crippen LogP) is 5.29. The Morgan fingerprint density at radius 1 is 1.07 bits per heavy atom. The van der Waals surface area contributed by atoms with Crippen LogP contribution in [0.1, 0.15) is 28.9 Å². The van der Waals surface area contributed by atoms with Crippen molar-refractivity contribution >= 4 is 39.0 Å². The summed E-state index contributed by atoms with van der Waals surface area (Å²) in [7, 11) is 1.62. The SMILES string of the molecule is COc1ccccc1-c1nc(COC(=O)CCC(=O)c2ccc(Br)cc2)cs1. The maximum atomic E-state index is 12.1. The number of aromatic nitrogens is 1. The third-order valence-electron chi connectivity index (χ3n) is 3.99. The second-order valence-electron chi connectivity index (χ2n) is 5.94. The summed E-state index contributed by atoms with van der Waals surface area (Å²) >= 11 is 4.79. The molecule has 0 aliphatic heterocycles. The molecular formula is C21H18BrNO4S. The van der Waals surface area contributed by atoms with Crippen molar-refractivity contribution in [2.24, 2.45) is 0 Å². The van der Waals surface area contributed by atoms with E-state index >= 15 is 0 Å². The Hall–Kier alpha value is -2.51. The molecule has 0 bridgehead atoms. The predicted molar refractivity (Wildman–Crippen MR) is 112 cm³/mol. The number of carbonyl (C=O) groups excluding carboxylic acids is 2. The number of ketones is 1. The highest BCUT2D eigenvalue weighted by Crippen LogP contribution is 2.32. The molecule has 0 atom stereocenters. The molecule has 0 unspecified atom stereocenters. The van der Waals surface area contributed by atoms with Crippen molar-refractivity contribution in [3.8, 4) is 16.3 Å². The molecule has 0 N–H and O–H groups in total. The van der Waals surface area contributed by atoms with Gasteiger partial charge in [-0.15, -0.1) is 11.3 Å². The minimum atomic E-state index is -0.419. The third kappa shape index (κ3) is 5.27. The average molecular weight is 460 g/mol. The summed E-state index contributed by atoms with van der Waals surface area (Å²) in [5.41, 5.74) is 2.14. The Kier molecular flexibility index (Phi) is 6.95. The molecule has 7 heteroatoms. The molecule has 2 aromatic carbocycles. The molecule has 1 heterocycles. The van der Waals surface area contributed by atoms with Gasteiger partial charge in [0.25, 0.3) is 0 Å². The quantitative estimate of drug-likeness (QED) is 0.338. The summed E-state index contributed by atoms with van der Waals surface area (Å²) in [5, 5.41) is 2.65. The lowest BCUT2D eigenvalue weighted by Gasteiger charge is -2.05. The fraction of sp³-hybridized carbons (Fsp3) is 0.190. The van der Waals surface area contributed by atoms with Gasteiger partial charge in [0.05, 0.1) is 24.8 Å². The highest BCUT2D eigenvalue weighted by atomic mass is 79.9. The number of hydrogen-bond acceptors (Lipinski definition) is 6. The Morgan fingerprint density at radius 2 is 1.82 bits per heavy atom. The van der Waals surface area contributed by atoms with Gasteiger partial charge < -0.3 is 9.47 Å². The van der Waals surface area contributed by atoms with Gasteiger partial charge in [-0.3, -0.25) is 9.59 Å². The largest absolute Gasteiger partial charge is 0.496 e. The van der Waals surface area contributed by atoms with Crippen LogP contribution in [0.25, 0.3) is 10.6 Å². The van der Waals surface area contributed by atoms with Gasteiger partial charge in [-0.25, -0.2) is 4.98 Å². The number of thiazole rings is 1. The van der Waals surface area contributed by atoms with Gasteiger partial charge in [0.1, 0.15) is 17.4 Å². The number of Topliss-reactive ketones (excluding diaryl/α,β-unsaturated/α-hetero) is 1. The number of hydrogen-bond donors (Lipinski definition) is 0. The maximum absolute atomic E-state index is 12.1. The van der Waals surface area contributed by atoms with Crippen LogP contribution in [0.2, 0.25) is 0 Å². The second-order valence-corrected chi connectivity index (χ2v) is 7.71. The Morgan fingerprint density at radius 3 is 2.57 bits per heavy atom. The summed E-state index contributed by atoms with van der Waals surface area (Å²) in [6.07, 6.45) is 0.155. The summed E-state index contributed by atoms with van der Waals surface area (Å²) in [4.78, 5) is 28.6. The Balaban J connectivity index is 1.50. The van der Waals surface area contributed by atoms with Crippen molar-refractivity contribution in [2.75, 3.05) is 7.11 Å². The van der Waals surface area contributed by atoms with Crippen LogP contribution in [-0.4, -0.2) is 23.8 Å². The van der Waals surface area contributed by atoms with E-state index in [1.807, 2.05) is 29.6 Å². The molecule has 0 radical (unpaired) electrons. The lowest BCUT2D eigenvalue weighted by Crippen LogP contribution is -2.08. The summed E-state index contributed by atoms with van der Waals surface area (Å²) in [6, 6.07) is 14.7. The first-order chi connectivity index (χ1) is 13.6. The van der Waals surface area contributed by atoms with E-state index < -0.39 is 5.97 Å². The number of esters is 1. The topological polar surface area (TPSA) is 65.5 Å². The lowest BCUT2D eigenvalue weighted by atomic mass is 10.1. The third-order valence-corrected chi connectivity index (χ3v) is 5.45. The van der Waals surface area contributed by atoms with Gasteiger partial charge >= 0.3 is 5.97 Å². The zero-order valence-electron chi connectivity index (χ0n) is 15.2. The zero-order chi connectivity index (χ0) is 19.9. The normalized spacial score (nSPS) is 10.5. The van der Waals surface area contributed by atoms with Gasteiger partial charge in [-0.2, -0.15) is 0 Å². The van der Waals surface area contributed by atoms with E-state index in [0.717, 1.165) is 20.8 Å². The lowest BCUT2D eigenvalue weighted by molar-refractivity contribution is -0.145. The number of methoxy groups -OCH3 is 1. The molecule has 5 nitrogen and oxygen atoms in total. The van der Waals surface area contributed by atoms with E-state index in [1.165, 1.54) is 11.3 Å². The molecule has 28 heavy (non-hydrogen) atoms. The minimum absolute atomic E-state index is 0.0401. The summed E-state index contributed by atoms with van der Waals surface area (Å²) in [5.74, 6) is 0.237. The summed E-state index contributed by atoms with van der Waals surface area (Å²) in [6.45, 7) is 0.0803. The van der Waals surface area contributed by atoms with E-state index in [9.17, 15) is 9.59 Å². The van der Waals surface area contributed by atoms with Crippen molar-refractivity contribution in [3.05, 3.63) is 69.6 Å². The smallest absolute Gasteiger partial charge is 0.306 e. The highest BCUT2D eigenvalue weighted by Gasteiger charge is 2.13. The van der Waals surface area contributed by atoms with E-state index in [1.54, 1.807) is 31.4 Å². The molecule has 0 saturated heterocycles. The van der Waals surface area contributed by atoms with Crippen molar-refractivity contribution < 1.29 is 19.1 Å². The van der Waals surface area contributed by atoms with Crippen molar-refractivity contribution in [3.63, 3.8) is 0 Å².